The topological polar surface area (TPSA) is 49.7 Å². The maximum Gasteiger partial charge on any atom is 0.433 e. The van der Waals surface area contributed by atoms with Crippen molar-refractivity contribution in [2.24, 2.45) is 4.99 Å². The molecule has 1 rings (SSSR count). The Bertz CT molecular complexity index is 468. The Kier molecular flexibility index (Phi) is 4.50. The van der Waals surface area contributed by atoms with Crippen LogP contribution >= 0.6 is 15.9 Å². The quantitative estimate of drug-likeness (QED) is 0.868. The van der Waals surface area contributed by atoms with E-state index in [1.807, 2.05) is 0 Å². The molecule has 0 saturated heterocycles. The van der Waals surface area contributed by atoms with Gasteiger partial charge >= 0.3 is 12.1 Å². The average molecular weight is 324 g/mol. The molecule has 0 aromatic heterocycles. The van der Waals surface area contributed by atoms with E-state index >= 15 is 0 Å². The molecule has 0 amide bonds. The van der Waals surface area contributed by atoms with Gasteiger partial charge in [0.05, 0.1) is 0 Å². The van der Waals surface area contributed by atoms with E-state index in [-0.39, 0.29) is 5.56 Å². The predicted octanol–water partition coefficient (Wildman–Crippen LogP) is 3.27. The smallest absolute Gasteiger partial charge is 0.433 e. The monoisotopic (exact) mass is 323 g/mol. The summed E-state index contributed by atoms with van der Waals surface area (Å²) in [6, 6.07) is 3.87. The van der Waals surface area contributed by atoms with Gasteiger partial charge in [0.2, 0.25) is 0 Å². The van der Waals surface area contributed by atoms with Crippen molar-refractivity contribution < 1.29 is 23.1 Å². The lowest BCUT2D eigenvalue weighted by molar-refractivity contribution is -0.138. The second-order valence-corrected chi connectivity index (χ2v) is 4.41. The maximum atomic E-state index is 12.8. The van der Waals surface area contributed by atoms with E-state index in [1.54, 1.807) is 0 Å². The Hall–Kier alpha value is -1.37. The molecule has 18 heavy (non-hydrogen) atoms. The Labute approximate surface area is 109 Å². The highest BCUT2D eigenvalue weighted by molar-refractivity contribution is 9.10. The highest BCUT2D eigenvalue weighted by atomic mass is 79.9. The van der Waals surface area contributed by atoms with Crippen LogP contribution < -0.4 is 0 Å². The molecule has 7 heteroatoms. The summed E-state index contributed by atoms with van der Waals surface area (Å²) in [7, 11) is 0. The van der Waals surface area contributed by atoms with E-state index in [0.717, 1.165) is 6.92 Å². The fraction of sp³-hybridized carbons (Fsp3) is 0.273. The first-order valence-electron chi connectivity index (χ1n) is 4.85. The minimum atomic E-state index is -4.70. The highest BCUT2D eigenvalue weighted by Gasteiger charge is 2.37. The molecule has 0 fully saturated rings. The van der Waals surface area contributed by atoms with Crippen LogP contribution in [0, 0.1) is 0 Å². The molecule has 0 radical (unpaired) electrons. The van der Waals surface area contributed by atoms with Crippen molar-refractivity contribution in [1.29, 1.82) is 0 Å². The first-order chi connectivity index (χ1) is 8.21. The number of rotatable bonds is 3. The molecule has 0 aliphatic carbocycles. The molecule has 98 valence electrons. The SMILES string of the molecule is C[C@H](/N=C(/c1ccc(Br)cc1)C(F)(F)F)C(=O)O. The van der Waals surface area contributed by atoms with Crippen LogP contribution in [0.1, 0.15) is 12.5 Å². The molecule has 0 aliphatic heterocycles. The van der Waals surface area contributed by atoms with Gasteiger partial charge < -0.3 is 5.11 Å². The molecule has 1 atom stereocenters. The number of carboxylic acid groups (broad SMARTS) is 1. The van der Waals surface area contributed by atoms with Crippen LogP contribution in [0.3, 0.4) is 0 Å². The molecule has 1 aromatic rings. The van der Waals surface area contributed by atoms with Gasteiger partial charge in [-0.15, -0.1) is 0 Å². The summed E-state index contributed by atoms with van der Waals surface area (Å²) >= 11 is 3.10. The lowest BCUT2D eigenvalue weighted by atomic mass is 10.1. The number of carbonyl (C=O) groups is 1. The van der Waals surface area contributed by atoms with Crippen LogP contribution in [0.5, 0.6) is 0 Å². The van der Waals surface area contributed by atoms with Gasteiger partial charge in [0.15, 0.2) is 0 Å². The molecule has 3 nitrogen and oxygen atoms in total. The fourth-order valence-corrected chi connectivity index (χ4v) is 1.43. The zero-order valence-electron chi connectivity index (χ0n) is 9.20. The van der Waals surface area contributed by atoms with Crippen LogP contribution in [0.15, 0.2) is 33.7 Å². The largest absolute Gasteiger partial charge is 0.480 e. The zero-order chi connectivity index (χ0) is 13.9. The predicted molar refractivity (Wildman–Crippen MR) is 63.8 cm³/mol. The summed E-state index contributed by atoms with van der Waals surface area (Å²) in [5.41, 5.74) is -1.36. The van der Waals surface area contributed by atoms with Crippen molar-refractivity contribution in [2.45, 2.75) is 19.1 Å². The van der Waals surface area contributed by atoms with Crippen molar-refractivity contribution in [1.82, 2.24) is 0 Å². The minimum absolute atomic E-state index is 0.168. The Morgan fingerprint density at radius 3 is 2.22 bits per heavy atom. The van der Waals surface area contributed by atoms with Gasteiger partial charge in [-0.3, -0.25) is 4.99 Å². The molecular formula is C11H9BrF3NO2. The molecule has 1 N–H and O–H groups in total. The number of halogens is 4. The van der Waals surface area contributed by atoms with E-state index in [1.165, 1.54) is 24.3 Å². The summed E-state index contributed by atoms with van der Waals surface area (Å²) in [4.78, 5) is 13.8. The second kappa shape index (κ2) is 5.51. The number of carboxylic acids is 1. The van der Waals surface area contributed by atoms with Crippen molar-refractivity contribution in [3.8, 4) is 0 Å². The van der Waals surface area contributed by atoms with E-state index in [2.05, 4.69) is 20.9 Å². The van der Waals surface area contributed by atoms with Gasteiger partial charge in [0.25, 0.3) is 0 Å². The first kappa shape index (κ1) is 14.7. The first-order valence-corrected chi connectivity index (χ1v) is 5.65. The van der Waals surface area contributed by atoms with Crippen LogP contribution in [-0.4, -0.2) is 29.0 Å². The van der Waals surface area contributed by atoms with Gasteiger partial charge in [-0.25, -0.2) is 4.79 Å². The van der Waals surface area contributed by atoms with Gasteiger partial charge in [-0.1, -0.05) is 28.1 Å². The second-order valence-electron chi connectivity index (χ2n) is 3.50. The van der Waals surface area contributed by atoms with Crippen molar-refractivity contribution >= 4 is 27.6 Å². The standard InChI is InChI=1S/C11H9BrF3NO2/c1-6(10(17)18)16-9(11(13,14)15)7-2-4-8(12)5-3-7/h2-6H,1H3,(H,17,18)/b16-9-/t6-/m0/s1. The van der Waals surface area contributed by atoms with Gasteiger partial charge in [0.1, 0.15) is 11.8 Å². The third-order valence-electron chi connectivity index (χ3n) is 2.07. The molecule has 0 aliphatic rings. The van der Waals surface area contributed by atoms with E-state index in [0.29, 0.717) is 4.47 Å². The molecular weight excluding hydrogens is 315 g/mol. The molecule has 1 aromatic carbocycles. The number of alkyl halides is 3. The number of hydrogen-bond acceptors (Lipinski definition) is 2. The van der Waals surface area contributed by atoms with E-state index in [4.69, 9.17) is 5.11 Å². The van der Waals surface area contributed by atoms with Gasteiger partial charge in [0, 0.05) is 10.0 Å². The zero-order valence-corrected chi connectivity index (χ0v) is 10.8. The number of nitrogens with zero attached hydrogens (tertiary/aromatic N) is 1. The van der Waals surface area contributed by atoms with Crippen LogP contribution in [-0.2, 0) is 4.79 Å². The summed E-state index contributed by atoms with van der Waals surface area (Å²) in [5, 5.41) is 8.61. The molecule has 0 spiro atoms. The Morgan fingerprint density at radius 1 is 1.33 bits per heavy atom. The normalized spacial score (nSPS) is 14.4. The summed E-state index contributed by atoms with van der Waals surface area (Å²) < 4.78 is 39.0. The van der Waals surface area contributed by atoms with E-state index in [9.17, 15) is 18.0 Å². The van der Waals surface area contributed by atoms with E-state index < -0.39 is 23.9 Å². The Balaban J connectivity index is 3.22. The van der Waals surface area contributed by atoms with Gasteiger partial charge in [-0.05, 0) is 19.1 Å². The van der Waals surface area contributed by atoms with Crippen molar-refractivity contribution in [2.75, 3.05) is 0 Å². The van der Waals surface area contributed by atoms with Crippen LogP contribution in [0.2, 0.25) is 0 Å². The third-order valence-corrected chi connectivity index (χ3v) is 2.59. The fourth-order valence-electron chi connectivity index (χ4n) is 1.17. The molecule has 0 saturated carbocycles. The molecule has 0 heterocycles. The minimum Gasteiger partial charge on any atom is -0.480 e. The highest BCUT2D eigenvalue weighted by Crippen LogP contribution is 2.24. The number of hydrogen-bond donors (Lipinski definition) is 1. The van der Waals surface area contributed by atoms with Crippen molar-refractivity contribution in [3.63, 3.8) is 0 Å². The summed E-state index contributed by atoms with van der Waals surface area (Å²) in [6.45, 7) is 1.09. The van der Waals surface area contributed by atoms with Crippen molar-refractivity contribution in [3.05, 3.63) is 34.3 Å². The lowest BCUT2D eigenvalue weighted by Crippen LogP contribution is -2.27. The Morgan fingerprint density at radius 2 is 1.83 bits per heavy atom. The summed E-state index contributed by atoms with van der Waals surface area (Å²) in [5.74, 6) is -1.41. The number of aliphatic carboxylic acids is 1. The third kappa shape index (κ3) is 3.83. The molecule has 0 unspecified atom stereocenters. The van der Waals surface area contributed by atoms with Gasteiger partial charge in [-0.2, -0.15) is 13.2 Å². The lowest BCUT2D eigenvalue weighted by Gasteiger charge is -2.12. The summed E-state index contributed by atoms with van der Waals surface area (Å²) in [6.07, 6.45) is -4.70. The average Bonchev–Trinajstić information content (AvgIpc) is 2.25. The molecule has 0 bridgehead atoms. The maximum absolute atomic E-state index is 12.8. The number of aliphatic imine (C=N–C) groups is 1. The van der Waals surface area contributed by atoms with Crippen LogP contribution in [0.4, 0.5) is 13.2 Å². The number of benzene rings is 1. The van der Waals surface area contributed by atoms with Crippen LogP contribution in [0.25, 0.3) is 0 Å².